The van der Waals surface area contributed by atoms with Gasteiger partial charge >= 0.3 is 0 Å². The summed E-state index contributed by atoms with van der Waals surface area (Å²) < 4.78 is 0. The highest BCUT2D eigenvalue weighted by Crippen LogP contribution is 2.20. The molecule has 0 fully saturated rings. The zero-order valence-electron chi connectivity index (χ0n) is 12.1. The number of rotatable bonds is 5. The molecule has 2 N–H and O–H groups in total. The lowest BCUT2D eigenvalue weighted by molar-refractivity contribution is 0.0951. The van der Waals surface area contributed by atoms with E-state index in [9.17, 15) is 4.79 Å². The van der Waals surface area contributed by atoms with Gasteiger partial charge in [0.25, 0.3) is 5.91 Å². The normalized spacial score (nSPS) is 10.2. The van der Waals surface area contributed by atoms with Crippen molar-refractivity contribution >= 4 is 23.2 Å². The summed E-state index contributed by atoms with van der Waals surface area (Å²) in [6.07, 6.45) is 1.76. The number of amides is 1. The van der Waals surface area contributed by atoms with E-state index in [0.717, 1.165) is 23.5 Å². The van der Waals surface area contributed by atoms with Crippen LogP contribution in [0.3, 0.4) is 0 Å². The fourth-order valence-corrected chi connectivity index (χ4v) is 2.10. The maximum atomic E-state index is 12.3. The highest BCUT2D eigenvalue weighted by molar-refractivity contribution is 6.31. The number of aryl methyl sites for hydroxylation is 1. The number of benzene rings is 1. The van der Waals surface area contributed by atoms with Crippen LogP contribution < -0.4 is 10.6 Å². The Morgan fingerprint density at radius 1 is 1.29 bits per heavy atom. The standard InChI is InChI=1S/C16H18ClN3O/c1-3-18-15-7-6-13(17)8-14(15)16(21)20-10-12-5-4-11(2)19-9-12/h4-9,18H,3,10H2,1-2H3,(H,20,21). The lowest BCUT2D eigenvalue weighted by Gasteiger charge is -2.11. The van der Waals surface area contributed by atoms with Crippen molar-refractivity contribution in [1.82, 2.24) is 10.3 Å². The molecule has 1 aromatic carbocycles. The molecular weight excluding hydrogens is 286 g/mol. The fraction of sp³-hybridized carbons (Fsp3) is 0.250. The first kappa shape index (κ1) is 15.3. The van der Waals surface area contributed by atoms with Crippen molar-refractivity contribution in [2.75, 3.05) is 11.9 Å². The van der Waals surface area contributed by atoms with E-state index in [0.29, 0.717) is 17.1 Å². The van der Waals surface area contributed by atoms with Gasteiger partial charge in [0.2, 0.25) is 0 Å². The van der Waals surface area contributed by atoms with E-state index in [1.807, 2.05) is 32.0 Å². The Balaban J connectivity index is 2.09. The molecule has 0 atom stereocenters. The number of hydrogen-bond acceptors (Lipinski definition) is 3. The van der Waals surface area contributed by atoms with Gasteiger partial charge in [0.15, 0.2) is 0 Å². The number of nitrogens with one attached hydrogen (secondary N) is 2. The second-order valence-corrected chi connectivity index (χ2v) is 5.15. The molecule has 5 heteroatoms. The Morgan fingerprint density at radius 3 is 2.76 bits per heavy atom. The fourth-order valence-electron chi connectivity index (χ4n) is 1.93. The average molecular weight is 304 g/mol. The molecule has 110 valence electrons. The predicted octanol–water partition coefficient (Wildman–Crippen LogP) is 3.41. The minimum absolute atomic E-state index is 0.158. The van der Waals surface area contributed by atoms with Crippen molar-refractivity contribution in [2.24, 2.45) is 0 Å². The van der Waals surface area contributed by atoms with Crippen LogP contribution in [0.2, 0.25) is 5.02 Å². The van der Waals surface area contributed by atoms with Crippen LogP contribution in [-0.2, 0) is 6.54 Å². The Bertz CT molecular complexity index is 626. The third-order valence-corrected chi connectivity index (χ3v) is 3.25. The molecule has 0 saturated heterocycles. The van der Waals surface area contributed by atoms with Gasteiger partial charge in [-0.1, -0.05) is 17.7 Å². The van der Waals surface area contributed by atoms with Crippen LogP contribution in [0, 0.1) is 6.92 Å². The molecule has 2 aromatic rings. The molecule has 0 unspecified atom stereocenters. The van der Waals surface area contributed by atoms with Gasteiger partial charge in [-0.2, -0.15) is 0 Å². The molecule has 21 heavy (non-hydrogen) atoms. The monoisotopic (exact) mass is 303 g/mol. The molecule has 0 aliphatic rings. The van der Waals surface area contributed by atoms with Gasteiger partial charge in [-0.15, -0.1) is 0 Å². The van der Waals surface area contributed by atoms with Crippen molar-refractivity contribution < 1.29 is 4.79 Å². The number of aromatic nitrogens is 1. The molecule has 1 heterocycles. The van der Waals surface area contributed by atoms with Crippen LogP contribution in [0.15, 0.2) is 36.5 Å². The number of hydrogen-bond donors (Lipinski definition) is 2. The largest absolute Gasteiger partial charge is 0.385 e. The van der Waals surface area contributed by atoms with E-state index in [1.54, 1.807) is 18.3 Å². The first-order valence-electron chi connectivity index (χ1n) is 6.83. The molecule has 0 bridgehead atoms. The van der Waals surface area contributed by atoms with Crippen LogP contribution in [0.4, 0.5) is 5.69 Å². The minimum Gasteiger partial charge on any atom is -0.385 e. The van der Waals surface area contributed by atoms with Crippen LogP contribution in [0.1, 0.15) is 28.5 Å². The predicted molar refractivity (Wildman–Crippen MR) is 85.8 cm³/mol. The topological polar surface area (TPSA) is 54.0 Å². The van der Waals surface area contributed by atoms with Crippen molar-refractivity contribution in [3.8, 4) is 0 Å². The lowest BCUT2D eigenvalue weighted by atomic mass is 10.1. The van der Waals surface area contributed by atoms with Crippen LogP contribution in [0.25, 0.3) is 0 Å². The molecule has 0 saturated carbocycles. The Hall–Kier alpha value is -2.07. The summed E-state index contributed by atoms with van der Waals surface area (Å²) in [4.78, 5) is 16.5. The second kappa shape index (κ2) is 7.09. The van der Waals surface area contributed by atoms with Crippen LogP contribution in [-0.4, -0.2) is 17.4 Å². The summed E-state index contributed by atoms with van der Waals surface area (Å²) in [5.41, 5.74) is 3.24. The molecule has 2 rings (SSSR count). The van der Waals surface area contributed by atoms with E-state index < -0.39 is 0 Å². The van der Waals surface area contributed by atoms with Crippen molar-refractivity contribution in [2.45, 2.75) is 20.4 Å². The molecular formula is C16H18ClN3O. The third kappa shape index (κ3) is 4.20. The molecule has 1 amide bonds. The van der Waals surface area contributed by atoms with Crippen LogP contribution in [0.5, 0.6) is 0 Å². The minimum atomic E-state index is -0.158. The first-order valence-corrected chi connectivity index (χ1v) is 7.21. The van der Waals surface area contributed by atoms with Crippen LogP contribution >= 0.6 is 11.6 Å². The summed E-state index contributed by atoms with van der Waals surface area (Å²) in [6.45, 7) is 5.08. The van der Waals surface area contributed by atoms with Gasteiger partial charge in [0.05, 0.1) is 5.56 Å². The van der Waals surface area contributed by atoms with Crippen molar-refractivity contribution in [3.63, 3.8) is 0 Å². The Kier molecular flexibility index (Phi) is 5.17. The van der Waals surface area contributed by atoms with E-state index >= 15 is 0 Å². The number of carbonyl (C=O) groups is 1. The summed E-state index contributed by atoms with van der Waals surface area (Å²) in [5.74, 6) is -0.158. The third-order valence-electron chi connectivity index (χ3n) is 3.02. The van der Waals surface area contributed by atoms with E-state index in [-0.39, 0.29) is 5.91 Å². The van der Waals surface area contributed by atoms with E-state index in [1.165, 1.54) is 0 Å². The Labute approximate surface area is 129 Å². The van der Waals surface area contributed by atoms with Gasteiger partial charge in [-0.3, -0.25) is 9.78 Å². The van der Waals surface area contributed by atoms with Gasteiger partial charge in [-0.05, 0) is 43.7 Å². The summed E-state index contributed by atoms with van der Waals surface area (Å²) in [5, 5.41) is 6.58. The van der Waals surface area contributed by atoms with Gasteiger partial charge in [-0.25, -0.2) is 0 Å². The highest BCUT2D eigenvalue weighted by atomic mass is 35.5. The zero-order chi connectivity index (χ0) is 15.2. The molecule has 1 aromatic heterocycles. The number of carbonyl (C=O) groups excluding carboxylic acids is 1. The Morgan fingerprint density at radius 2 is 2.10 bits per heavy atom. The number of halogens is 1. The smallest absolute Gasteiger partial charge is 0.253 e. The summed E-state index contributed by atoms with van der Waals surface area (Å²) in [6, 6.07) is 9.12. The van der Waals surface area contributed by atoms with Gasteiger partial charge in [0.1, 0.15) is 0 Å². The number of anilines is 1. The number of nitrogens with zero attached hydrogens (tertiary/aromatic N) is 1. The van der Waals surface area contributed by atoms with E-state index in [4.69, 9.17) is 11.6 Å². The second-order valence-electron chi connectivity index (χ2n) is 4.71. The maximum Gasteiger partial charge on any atom is 0.253 e. The average Bonchev–Trinajstić information content (AvgIpc) is 2.48. The molecule has 0 aliphatic heterocycles. The van der Waals surface area contributed by atoms with E-state index in [2.05, 4.69) is 15.6 Å². The molecule has 4 nitrogen and oxygen atoms in total. The lowest BCUT2D eigenvalue weighted by Crippen LogP contribution is -2.24. The quantitative estimate of drug-likeness (QED) is 0.890. The molecule has 0 spiro atoms. The molecule has 0 aliphatic carbocycles. The van der Waals surface area contributed by atoms with Gasteiger partial charge < -0.3 is 10.6 Å². The maximum absolute atomic E-state index is 12.3. The number of pyridine rings is 1. The van der Waals surface area contributed by atoms with Gasteiger partial charge in [0, 0.05) is 35.7 Å². The SMILES string of the molecule is CCNc1ccc(Cl)cc1C(=O)NCc1ccc(C)nc1. The summed E-state index contributed by atoms with van der Waals surface area (Å²) >= 11 is 5.98. The van der Waals surface area contributed by atoms with Crippen molar-refractivity contribution in [3.05, 3.63) is 58.4 Å². The summed E-state index contributed by atoms with van der Waals surface area (Å²) in [7, 11) is 0. The highest BCUT2D eigenvalue weighted by Gasteiger charge is 2.11. The first-order chi connectivity index (χ1) is 10.1. The van der Waals surface area contributed by atoms with Crippen molar-refractivity contribution in [1.29, 1.82) is 0 Å². The molecule has 0 radical (unpaired) electrons. The zero-order valence-corrected chi connectivity index (χ0v) is 12.9.